The molecule has 164 valence electrons. The van der Waals surface area contributed by atoms with E-state index in [1.54, 1.807) is 26.0 Å². The fraction of sp³-hybridized carbons (Fsp3) is 0.474. The molecule has 11 heteroatoms. The van der Waals surface area contributed by atoms with Crippen LogP contribution < -0.4 is 14.9 Å². The highest BCUT2D eigenvalue weighted by Gasteiger charge is 2.34. The summed E-state index contributed by atoms with van der Waals surface area (Å²) in [6, 6.07) is 6.81. The van der Waals surface area contributed by atoms with Gasteiger partial charge >= 0.3 is 4.87 Å². The first-order valence-corrected chi connectivity index (χ1v) is 12.0. The zero-order valence-electron chi connectivity index (χ0n) is 17.2. The van der Waals surface area contributed by atoms with Crippen molar-refractivity contribution in [2.45, 2.75) is 31.0 Å². The van der Waals surface area contributed by atoms with Gasteiger partial charge < -0.3 is 15.0 Å². The number of carbonyl (C=O) groups is 1. The van der Waals surface area contributed by atoms with Gasteiger partial charge in [0.2, 0.25) is 5.91 Å². The molecule has 3 rings (SSSR count). The summed E-state index contributed by atoms with van der Waals surface area (Å²) in [5, 5.41) is 2.90. The average molecular weight is 455 g/mol. The van der Waals surface area contributed by atoms with Crippen molar-refractivity contribution in [3.63, 3.8) is 0 Å². The van der Waals surface area contributed by atoms with Crippen LogP contribution >= 0.6 is 11.3 Å². The zero-order valence-corrected chi connectivity index (χ0v) is 18.8. The third kappa shape index (κ3) is 4.75. The number of aryl methyl sites for hydroxylation is 1. The first kappa shape index (κ1) is 22.5. The molecule has 1 saturated heterocycles. The second-order valence-electron chi connectivity index (χ2n) is 6.96. The molecule has 0 unspecified atom stereocenters. The van der Waals surface area contributed by atoms with Crippen LogP contribution in [-0.2, 0) is 14.8 Å². The van der Waals surface area contributed by atoms with E-state index < -0.39 is 16.1 Å². The Bertz CT molecular complexity index is 1050. The lowest BCUT2D eigenvalue weighted by molar-refractivity contribution is -0.121. The van der Waals surface area contributed by atoms with Crippen LogP contribution in [0.15, 0.2) is 33.3 Å². The standard InChI is InChI=1S/C19H26N4O5S2/c1-4-28-16-8-6-5-7-15(16)21-17(24)14(3)22-9-11-23(12-10-22)30(26,27)18-13(2)20-19(25)29-18/h5-8,14H,4,9-12H2,1-3H3,(H,20,25)(H,21,24)/t14-/m0/s1. The fourth-order valence-corrected chi connectivity index (χ4v) is 6.20. The van der Waals surface area contributed by atoms with Crippen molar-refractivity contribution in [2.75, 3.05) is 38.1 Å². The lowest BCUT2D eigenvalue weighted by Gasteiger charge is -2.36. The molecule has 1 fully saturated rings. The molecule has 0 radical (unpaired) electrons. The molecule has 0 spiro atoms. The van der Waals surface area contributed by atoms with Crippen LogP contribution in [-0.4, -0.2) is 67.3 Å². The number of ether oxygens (including phenoxy) is 1. The van der Waals surface area contributed by atoms with Gasteiger partial charge in [-0.15, -0.1) is 0 Å². The van der Waals surface area contributed by atoms with E-state index in [-0.39, 0.29) is 28.1 Å². The van der Waals surface area contributed by atoms with Gasteiger partial charge in [-0.2, -0.15) is 4.31 Å². The summed E-state index contributed by atoms with van der Waals surface area (Å²) in [5.74, 6) is 0.426. The largest absolute Gasteiger partial charge is 0.492 e. The highest BCUT2D eigenvalue weighted by atomic mass is 32.2. The molecule has 0 bridgehead atoms. The van der Waals surface area contributed by atoms with Crippen LogP contribution in [0.2, 0.25) is 0 Å². The summed E-state index contributed by atoms with van der Waals surface area (Å²) in [7, 11) is -3.72. The molecule has 1 aromatic carbocycles. The summed E-state index contributed by atoms with van der Waals surface area (Å²) in [4.78, 5) is 28.3. The smallest absolute Gasteiger partial charge is 0.305 e. The van der Waals surface area contributed by atoms with Crippen molar-refractivity contribution in [3.8, 4) is 5.75 Å². The van der Waals surface area contributed by atoms with Crippen LogP contribution in [0.25, 0.3) is 0 Å². The van der Waals surface area contributed by atoms with Crippen molar-refractivity contribution in [1.82, 2.24) is 14.2 Å². The van der Waals surface area contributed by atoms with Crippen molar-refractivity contribution in [3.05, 3.63) is 39.6 Å². The predicted molar refractivity (Wildman–Crippen MR) is 116 cm³/mol. The van der Waals surface area contributed by atoms with Gasteiger partial charge in [-0.1, -0.05) is 23.5 Å². The van der Waals surface area contributed by atoms with Crippen molar-refractivity contribution in [1.29, 1.82) is 0 Å². The van der Waals surface area contributed by atoms with Gasteiger partial charge in [0.25, 0.3) is 10.0 Å². The molecule has 9 nitrogen and oxygen atoms in total. The first-order chi connectivity index (χ1) is 14.2. The Morgan fingerprint density at radius 3 is 2.53 bits per heavy atom. The average Bonchev–Trinajstić information content (AvgIpc) is 3.08. The van der Waals surface area contributed by atoms with E-state index in [4.69, 9.17) is 4.74 Å². The molecule has 0 saturated carbocycles. The normalized spacial score (nSPS) is 16.9. The monoisotopic (exact) mass is 454 g/mol. The number of thiazole rings is 1. The summed E-state index contributed by atoms with van der Waals surface area (Å²) in [6.45, 7) is 7.08. The van der Waals surface area contributed by atoms with E-state index in [1.165, 1.54) is 4.31 Å². The Labute approximate surface area is 179 Å². The SMILES string of the molecule is CCOc1ccccc1NC(=O)[C@H](C)N1CCN(S(=O)(=O)c2sc(=O)[nH]c2C)CC1. The van der Waals surface area contributed by atoms with E-state index in [0.29, 0.717) is 48.2 Å². The molecule has 30 heavy (non-hydrogen) atoms. The van der Waals surface area contributed by atoms with E-state index in [9.17, 15) is 18.0 Å². The van der Waals surface area contributed by atoms with Crippen LogP contribution in [0.3, 0.4) is 0 Å². The zero-order chi connectivity index (χ0) is 21.9. The van der Waals surface area contributed by atoms with Gasteiger partial charge in [-0.25, -0.2) is 8.42 Å². The van der Waals surface area contributed by atoms with Gasteiger partial charge in [0.15, 0.2) is 4.21 Å². The molecule has 2 heterocycles. The number of piperazine rings is 1. The van der Waals surface area contributed by atoms with Crippen LogP contribution in [0.4, 0.5) is 5.69 Å². The first-order valence-electron chi connectivity index (χ1n) is 9.70. The number of anilines is 1. The van der Waals surface area contributed by atoms with Crippen molar-refractivity contribution < 1.29 is 17.9 Å². The number of sulfonamides is 1. The Morgan fingerprint density at radius 2 is 1.93 bits per heavy atom. The number of aromatic amines is 1. The van der Waals surface area contributed by atoms with Gasteiger partial charge in [0.1, 0.15) is 5.75 Å². The molecule has 1 aliphatic rings. The summed E-state index contributed by atoms with van der Waals surface area (Å²) >= 11 is 0.703. The van der Waals surface area contributed by atoms with Crippen molar-refractivity contribution >= 4 is 33.0 Å². The maximum absolute atomic E-state index is 12.8. The number of carbonyl (C=O) groups excluding carboxylic acids is 1. The molecular formula is C19H26N4O5S2. The third-order valence-corrected chi connectivity index (χ3v) is 8.48. The molecule has 2 aromatic rings. The number of nitrogens with one attached hydrogen (secondary N) is 2. The topological polar surface area (TPSA) is 112 Å². The van der Waals surface area contributed by atoms with Crippen LogP contribution in [0.1, 0.15) is 19.5 Å². The Kier molecular flexibility index (Phi) is 6.96. The number of rotatable bonds is 7. The number of benzene rings is 1. The van der Waals surface area contributed by atoms with Crippen LogP contribution in [0, 0.1) is 6.92 Å². The number of hydrogen-bond acceptors (Lipinski definition) is 7. The van der Waals surface area contributed by atoms with E-state index in [1.807, 2.05) is 24.0 Å². The van der Waals surface area contributed by atoms with Gasteiger partial charge in [-0.05, 0) is 32.9 Å². The second kappa shape index (κ2) is 9.29. The molecular weight excluding hydrogens is 428 g/mol. The van der Waals surface area contributed by atoms with Gasteiger partial charge in [0.05, 0.1) is 18.3 Å². The molecule has 1 amide bonds. The summed E-state index contributed by atoms with van der Waals surface area (Å²) in [5.41, 5.74) is 0.961. The van der Waals surface area contributed by atoms with Crippen molar-refractivity contribution in [2.24, 2.45) is 0 Å². The Balaban J connectivity index is 1.62. The Morgan fingerprint density at radius 1 is 1.27 bits per heavy atom. The molecule has 1 aliphatic heterocycles. The molecule has 1 atom stereocenters. The van der Waals surface area contributed by atoms with Crippen LogP contribution in [0.5, 0.6) is 5.75 Å². The van der Waals surface area contributed by atoms with E-state index in [2.05, 4.69) is 10.3 Å². The second-order valence-corrected chi connectivity index (χ2v) is 10.1. The summed E-state index contributed by atoms with van der Waals surface area (Å²) < 4.78 is 32.6. The molecule has 2 N–H and O–H groups in total. The number of aromatic nitrogens is 1. The number of nitrogens with zero attached hydrogens (tertiary/aromatic N) is 2. The molecule has 0 aliphatic carbocycles. The number of hydrogen-bond donors (Lipinski definition) is 2. The maximum Gasteiger partial charge on any atom is 0.305 e. The van der Waals surface area contributed by atoms with Gasteiger partial charge in [0, 0.05) is 31.9 Å². The highest BCUT2D eigenvalue weighted by molar-refractivity contribution is 7.91. The predicted octanol–water partition coefficient (Wildman–Crippen LogP) is 1.48. The minimum atomic E-state index is -3.72. The number of H-pyrrole nitrogens is 1. The highest BCUT2D eigenvalue weighted by Crippen LogP contribution is 2.25. The summed E-state index contributed by atoms with van der Waals surface area (Å²) in [6.07, 6.45) is 0. The van der Waals surface area contributed by atoms with E-state index in [0.717, 1.165) is 0 Å². The minimum Gasteiger partial charge on any atom is -0.492 e. The number of para-hydroxylation sites is 2. The maximum atomic E-state index is 12.8. The Hall–Kier alpha value is -2.21. The lowest BCUT2D eigenvalue weighted by atomic mass is 10.2. The third-order valence-electron chi connectivity index (χ3n) is 5.00. The quantitative estimate of drug-likeness (QED) is 0.655. The van der Waals surface area contributed by atoms with Gasteiger partial charge in [-0.3, -0.25) is 14.5 Å². The lowest BCUT2D eigenvalue weighted by Crippen LogP contribution is -2.53. The minimum absolute atomic E-state index is 0.0549. The van der Waals surface area contributed by atoms with E-state index >= 15 is 0 Å². The fourth-order valence-electron chi connectivity index (χ4n) is 3.34. The number of amides is 1. The molecule has 1 aromatic heterocycles.